The van der Waals surface area contributed by atoms with Crippen molar-refractivity contribution < 1.29 is 18.3 Å². The van der Waals surface area contributed by atoms with Crippen LogP contribution in [0.3, 0.4) is 0 Å². The van der Waals surface area contributed by atoms with E-state index in [-0.39, 0.29) is 6.09 Å². The van der Waals surface area contributed by atoms with Crippen LogP contribution in [0.2, 0.25) is 0 Å². The van der Waals surface area contributed by atoms with Gasteiger partial charge < -0.3 is 14.5 Å². The van der Waals surface area contributed by atoms with Crippen molar-refractivity contribution in [3.63, 3.8) is 0 Å². The number of carbonyl (C=O) groups excluding carboxylic acids is 1. The van der Waals surface area contributed by atoms with Gasteiger partial charge in [-0.2, -0.15) is 0 Å². The predicted octanol–water partition coefficient (Wildman–Crippen LogP) is 3.50. The third kappa shape index (κ3) is 2.99. The van der Waals surface area contributed by atoms with Crippen LogP contribution in [0.15, 0.2) is 36.4 Å². The van der Waals surface area contributed by atoms with E-state index in [4.69, 9.17) is 4.74 Å². The van der Waals surface area contributed by atoms with Crippen molar-refractivity contribution in [2.45, 2.75) is 6.54 Å². The van der Waals surface area contributed by atoms with E-state index in [1.54, 1.807) is 11.0 Å². The van der Waals surface area contributed by atoms with Crippen LogP contribution in [0.4, 0.5) is 30.6 Å². The van der Waals surface area contributed by atoms with E-state index >= 15 is 0 Å². The second-order valence-electron chi connectivity index (χ2n) is 6.57. The molecule has 0 N–H and O–H groups in total. The highest BCUT2D eigenvalue weighted by atomic mass is 19.2. The van der Waals surface area contributed by atoms with E-state index in [0.717, 1.165) is 29.5 Å². The van der Waals surface area contributed by atoms with Crippen molar-refractivity contribution in [3.05, 3.63) is 53.6 Å². The number of cyclic esters (lactones) is 1. The number of benzene rings is 2. The molecule has 1 saturated heterocycles. The number of hydrogen-bond donors (Lipinski definition) is 0. The van der Waals surface area contributed by atoms with E-state index < -0.39 is 11.6 Å². The molecular weight excluding hydrogens is 340 g/mol. The standard InChI is InChI=1S/C19H19F2N3O2/c1-22-6-7-23(15-2-4-16(20)17(21)11-15)18-5-3-14(10-13(18)12-22)24-8-9-26-19(24)25/h2-5,10-11H,6-9,12H2,1H3. The molecule has 1 fully saturated rings. The molecule has 2 heterocycles. The first-order valence-electron chi connectivity index (χ1n) is 8.51. The van der Waals surface area contributed by atoms with Crippen molar-refractivity contribution in [1.82, 2.24) is 4.90 Å². The molecule has 1 amide bonds. The summed E-state index contributed by atoms with van der Waals surface area (Å²) in [4.78, 5) is 17.6. The van der Waals surface area contributed by atoms with Crippen LogP contribution in [0.1, 0.15) is 5.56 Å². The number of nitrogens with zero attached hydrogens (tertiary/aromatic N) is 3. The fourth-order valence-corrected chi connectivity index (χ4v) is 3.44. The summed E-state index contributed by atoms with van der Waals surface area (Å²) in [6, 6.07) is 9.71. The number of anilines is 3. The van der Waals surface area contributed by atoms with E-state index in [0.29, 0.717) is 31.9 Å². The highest BCUT2D eigenvalue weighted by Gasteiger charge is 2.26. The molecule has 0 radical (unpaired) electrons. The monoisotopic (exact) mass is 359 g/mol. The van der Waals surface area contributed by atoms with Gasteiger partial charge in [-0.3, -0.25) is 4.90 Å². The maximum atomic E-state index is 13.7. The van der Waals surface area contributed by atoms with E-state index in [9.17, 15) is 13.6 Å². The number of ether oxygens (including phenoxy) is 1. The minimum absolute atomic E-state index is 0.343. The highest BCUT2D eigenvalue weighted by molar-refractivity contribution is 5.90. The zero-order valence-electron chi connectivity index (χ0n) is 14.4. The van der Waals surface area contributed by atoms with Crippen LogP contribution >= 0.6 is 0 Å². The smallest absolute Gasteiger partial charge is 0.414 e. The Morgan fingerprint density at radius 1 is 0.923 bits per heavy atom. The zero-order chi connectivity index (χ0) is 18.3. The van der Waals surface area contributed by atoms with E-state index in [1.165, 1.54) is 6.07 Å². The largest absolute Gasteiger partial charge is 0.447 e. The lowest BCUT2D eigenvalue weighted by Crippen LogP contribution is -2.26. The van der Waals surface area contributed by atoms with Crippen LogP contribution in [-0.2, 0) is 11.3 Å². The van der Waals surface area contributed by atoms with E-state index in [1.807, 2.05) is 30.1 Å². The van der Waals surface area contributed by atoms with Crippen molar-refractivity contribution in [2.24, 2.45) is 0 Å². The van der Waals surface area contributed by atoms with Crippen molar-refractivity contribution >= 4 is 23.2 Å². The molecule has 2 aromatic rings. The molecule has 0 aliphatic carbocycles. The summed E-state index contributed by atoms with van der Waals surface area (Å²) in [5, 5.41) is 0. The van der Waals surface area contributed by atoms with Gasteiger partial charge in [0.15, 0.2) is 11.6 Å². The Morgan fingerprint density at radius 2 is 1.69 bits per heavy atom. The van der Waals surface area contributed by atoms with E-state index in [2.05, 4.69) is 4.90 Å². The third-order valence-corrected chi connectivity index (χ3v) is 4.79. The predicted molar refractivity (Wildman–Crippen MR) is 94.8 cm³/mol. The lowest BCUT2D eigenvalue weighted by atomic mass is 10.1. The van der Waals surface area contributed by atoms with Gasteiger partial charge in [0.2, 0.25) is 0 Å². The van der Waals surface area contributed by atoms with Gasteiger partial charge in [0.05, 0.1) is 6.54 Å². The Morgan fingerprint density at radius 3 is 2.42 bits per heavy atom. The molecular formula is C19H19F2N3O2. The quantitative estimate of drug-likeness (QED) is 0.822. The fraction of sp³-hybridized carbons (Fsp3) is 0.316. The molecule has 26 heavy (non-hydrogen) atoms. The molecule has 2 aliphatic heterocycles. The molecule has 0 bridgehead atoms. The number of amides is 1. The molecule has 2 aliphatic rings. The van der Waals surface area contributed by atoms with Crippen molar-refractivity contribution in [3.8, 4) is 0 Å². The SMILES string of the molecule is CN1CCN(c2ccc(F)c(F)c2)c2ccc(N3CCOC3=O)cc2C1. The Kier molecular flexibility index (Phi) is 4.24. The zero-order valence-corrected chi connectivity index (χ0v) is 14.4. The summed E-state index contributed by atoms with van der Waals surface area (Å²) in [5.74, 6) is -1.72. The summed E-state index contributed by atoms with van der Waals surface area (Å²) < 4.78 is 32.1. The van der Waals surface area contributed by atoms with Crippen LogP contribution in [0.5, 0.6) is 0 Å². The van der Waals surface area contributed by atoms with Crippen LogP contribution < -0.4 is 9.80 Å². The van der Waals surface area contributed by atoms with Crippen LogP contribution in [0.25, 0.3) is 0 Å². The second-order valence-corrected chi connectivity index (χ2v) is 6.57. The molecule has 0 saturated carbocycles. The molecule has 0 atom stereocenters. The Bertz CT molecular complexity index is 859. The van der Waals surface area contributed by atoms with Crippen molar-refractivity contribution in [1.29, 1.82) is 0 Å². The lowest BCUT2D eigenvalue weighted by Gasteiger charge is -2.26. The molecule has 0 spiro atoms. The van der Waals surface area contributed by atoms with Gasteiger partial charge in [0.1, 0.15) is 6.61 Å². The Labute approximate surface area is 150 Å². The Balaban J connectivity index is 1.75. The van der Waals surface area contributed by atoms with Gasteiger partial charge >= 0.3 is 6.09 Å². The first-order valence-corrected chi connectivity index (χ1v) is 8.51. The third-order valence-electron chi connectivity index (χ3n) is 4.79. The van der Waals surface area contributed by atoms with Gasteiger partial charge in [-0.1, -0.05) is 0 Å². The van der Waals surface area contributed by atoms with Gasteiger partial charge in [0.25, 0.3) is 0 Å². The first-order chi connectivity index (χ1) is 12.5. The minimum atomic E-state index is -0.863. The summed E-state index contributed by atoms with van der Waals surface area (Å²) in [6.45, 7) is 3.04. The average molecular weight is 359 g/mol. The molecule has 5 nitrogen and oxygen atoms in total. The average Bonchev–Trinajstić information content (AvgIpc) is 2.97. The molecule has 0 unspecified atom stereocenters. The van der Waals surface area contributed by atoms with Crippen molar-refractivity contribution in [2.75, 3.05) is 43.1 Å². The van der Waals surface area contributed by atoms with Crippen LogP contribution in [-0.4, -0.2) is 44.3 Å². The summed E-state index contributed by atoms with van der Waals surface area (Å²) >= 11 is 0. The number of halogens is 2. The molecule has 4 rings (SSSR count). The molecule has 2 aromatic carbocycles. The van der Waals surface area contributed by atoms with Crippen LogP contribution in [0, 0.1) is 11.6 Å². The van der Waals surface area contributed by atoms with Gasteiger partial charge in [0, 0.05) is 42.8 Å². The first kappa shape index (κ1) is 16.8. The minimum Gasteiger partial charge on any atom is -0.447 e. The summed E-state index contributed by atoms with van der Waals surface area (Å²) in [6.07, 6.45) is -0.343. The maximum absolute atomic E-state index is 13.7. The highest BCUT2D eigenvalue weighted by Crippen LogP contribution is 2.35. The second kappa shape index (κ2) is 6.57. The van der Waals surface area contributed by atoms with Gasteiger partial charge in [-0.25, -0.2) is 13.6 Å². The number of carbonyl (C=O) groups is 1. The summed E-state index contributed by atoms with van der Waals surface area (Å²) in [5.41, 5.74) is 3.34. The number of rotatable bonds is 2. The lowest BCUT2D eigenvalue weighted by molar-refractivity contribution is 0.181. The number of likely N-dealkylation sites (N-methyl/N-ethyl adjacent to an activating group) is 1. The topological polar surface area (TPSA) is 36.0 Å². The fourth-order valence-electron chi connectivity index (χ4n) is 3.44. The van der Waals surface area contributed by atoms with Gasteiger partial charge in [-0.15, -0.1) is 0 Å². The number of hydrogen-bond acceptors (Lipinski definition) is 4. The normalized spacial score (nSPS) is 17.9. The maximum Gasteiger partial charge on any atom is 0.414 e. The molecule has 0 aromatic heterocycles. The van der Waals surface area contributed by atoms with Gasteiger partial charge in [-0.05, 0) is 42.9 Å². The summed E-state index contributed by atoms with van der Waals surface area (Å²) in [7, 11) is 2.01. The molecule has 7 heteroatoms. The number of fused-ring (bicyclic) bond motifs is 1. The Hall–Kier alpha value is -2.67. The molecule has 136 valence electrons.